The molecule has 0 saturated carbocycles. The highest BCUT2D eigenvalue weighted by atomic mass is 19.4. The molecule has 0 unspecified atom stereocenters. The summed E-state index contributed by atoms with van der Waals surface area (Å²) in [5.41, 5.74) is 0.997. The van der Waals surface area contributed by atoms with E-state index >= 15 is 0 Å². The molecule has 3 amide bonds. The smallest absolute Gasteiger partial charge is 0.352 e. The average Bonchev–Trinajstić information content (AvgIpc) is 3.46. The van der Waals surface area contributed by atoms with Crippen LogP contribution in [0.1, 0.15) is 48.2 Å². The molecule has 7 nitrogen and oxygen atoms in total. The standard InChI is InChI=1S/C24H30F3N5O2/c1-16-13-17(2)32(29-16)20-6-5-19(21(14-20)24(25,26)27)15-28-22(33)18-7-11-31(12-8-18)23(34)30-9-3-4-10-30/h5-6,13-14,18H,3-4,7-12,15H2,1-2H3,(H,28,33). The van der Waals surface area contributed by atoms with Crippen LogP contribution in [0.3, 0.4) is 0 Å². The molecule has 0 aliphatic carbocycles. The van der Waals surface area contributed by atoms with E-state index in [9.17, 15) is 22.8 Å². The Morgan fingerprint density at radius 2 is 1.68 bits per heavy atom. The maximum Gasteiger partial charge on any atom is 0.416 e. The van der Waals surface area contributed by atoms with Crippen LogP contribution in [0.15, 0.2) is 24.3 Å². The Labute approximate surface area is 196 Å². The molecule has 3 heterocycles. The molecular weight excluding hydrogens is 447 g/mol. The first kappa shape index (κ1) is 24.1. The molecule has 2 aliphatic heterocycles. The number of amides is 3. The summed E-state index contributed by atoms with van der Waals surface area (Å²) in [7, 11) is 0. The van der Waals surface area contributed by atoms with Crippen LogP contribution in [0.2, 0.25) is 0 Å². The maximum absolute atomic E-state index is 13.8. The summed E-state index contributed by atoms with van der Waals surface area (Å²) < 4.78 is 42.9. The number of nitrogens with one attached hydrogen (secondary N) is 1. The number of likely N-dealkylation sites (tertiary alicyclic amines) is 2. The summed E-state index contributed by atoms with van der Waals surface area (Å²) in [5.74, 6) is -0.588. The Kier molecular flexibility index (Phi) is 6.86. The number of hydrogen-bond acceptors (Lipinski definition) is 3. The number of rotatable bonds is 4. The van der Waals surface area contributed by atoms with Crippen LogP contribution in [0.4, 0.5) is 18.0 Å². The van der Waals surface area contributed by atoms with E-state index in [0.717, 1.165) is 43.4 Å². The third kappa shape index (κ3) is 5.20. The summed E-state index contributed by atoms with van der Waals surface area (Å²) in [6.07, 6.45) is -1.50. The molecule has 0 bridgehead atoms. The van der Waals surface area contributed by atoms with Crippen LogP contribution in [-0.2, 0) is 17.5 Å². The number of alkyl halides is 3. The number of aryl methyl sites for hydroxylation is 2. The zero-order valence-corrected chi connectivity index (χ0v) is 19.5. The van der Waals surface area contributed by atoms with Gasteiger partial charge >= 0.3 is 12.2 Å². The van der Waals surface area contributed by atoms with Crippen LogP contribution >= 0.6 is 0 Å². The first-order chi connectivity index (χ1) is 16.1. The van der Waals surface area contributed by atoms with Crippen molar-refractivity contribution in [3.05, 3.63) is 46.8 Å². The van der Waals surface area contributed by atoms with Crippen molar-refractivity contribution in [3.63, 3.8) is 0 Å². The van der Waals surface area contributed by atoms with E-state index in [1.807, 2.05) is 4.90 Å². The third-order valence-electron chi connectivity index (χ3n) is 6.62. The van der Waals surface area contributed by atoms with Gasteiger partial charge in [0.1, 0.15) is 0 Å². The van der Waals surface area contributed by atoms with Crippen LogP contribution < -0.4 is 5.32 Å². The fourth-order valence-electron chi connectivity index (χ4n) is 4.77. The van der Waals surface area contributed by atoms with Gasteiger partial charge in [0.15, 0.2) is 0 Å². The normalized spacial score (nSPS) is 17.3. The second-order valence-corrected chi connectivity index (χ2v) is 9.13. The highest BCUT2D eigenvalue weighted by molar-refractivity contribution is 5.79. The summed E-state index contributed by atoms with van der Waals surface area (Å²) in [6, 6.07) is 5.87. The van der Waals surface area contributed by atoms with Crippen molar-refractivity contribution in [2.24, 2.45) is 5.92 Å². The largest absolute Gasteiger partial charge is 0.416 e. The molecule has 1 aromatic heterocycles. The SMILES string of the molecule is Cc1cc(C)n(-c2ccc(CNC(=O)C3CCN(C(=O)N4CCCC4)CC3)c(C(F)(F)F)c2)n1. The van der Waals surface area contributed by atoms with Crippen molar-refractivity contribution in [1.29, 1.82) is 0 Å². The van der Waals surface area contributed by atoms with Gasteiger partial charge in [0, 0.05) is 44.3 Å². The van der Waals surface area contributed by atoms with E-state index in [4.69, 9.17) is 0 Å². The van der Waals surface area contributed by atoms with E-state index in [-0.39, 0.29) is 30.0 Å². The third-order valence-corrected chi connectivity index (χ3v) is 6.62. The Morgan fingerprint density at radius 3 is 2.26 bits per heavy atom. The quantitative estimate of drug-likeness (QED) is 0.722. The molecule has 0 spiro atoms. The molecule has 2 aliphatic rings. The Hall–Kier alpha value is -3.04. The van der Waals surface area contributed by atoms with E-state index in [1.165, 1.54) is 10.7 Å². The molecule has 0 atom stereocenters. The lowest BCUT2D eigenvalue weighted by Crippen LogP contribution is -2.47. The van der Waals surface area contributed by atoms with Gasteiger partial charge in [0.05, 0.1) is 16.9 Å². The molecule has 0 radical (unpaired) electrons. The van der Waals surface area contributed by atoms with Crippen LogP contribution in [0, 0.1) is 19.8 Å². The van der Waals surface area contributed by atoms with Gasteiger partial charge in [0.25, 0.3) is 0 Å². The zero-order valence-electron chi connectivity index (χ0n) is 19.5. The van der Waals surface area contributed by atoms with Crippen LogP contribution in [0.5, 0.6) is 0 Å². The highest BCUT2D eigenvalue weighted by Crippen LogP contribution is 2.34. The summed E-state index contributed by atoms with van der Waals surface area (Å²) in [4.78, 5) is 28.8. The first-order valence-corrected chi connectivity index (χ1v) is 11.7. The molecule has 1 N–H and O–H groups in total. The average molecular weight is 478 g/mol. The molecule has 2 saturated heterocycles. The molecule has 4 rings (SSSR count). The van der Waals surface area contributed by atoms with Gasteiger partial charge in [0.2, 0.25) is 5.91 Å². The number of nitrogens with zero attached hydrogens (tertiary/aromatic N) is 4. The second kappa shape index (κ2) is 9.68. The summed E-state index contributed by atoms with van der Waals surface area (Å²) in [5, 5.41) is 6.94. The minimum atomic E-state index is -4.56. The van der Waals surface area contributed by atoms with E-state index in [2.05, 4.69) is 10.4 Å². The molecule has 1 aromatic carbocycles. The molecule has 2 fully saturated rings. The van der Waals surface area contributed by atoms with Crippen molar-refractivity contribution in [3.8, 4) is 5.69 Å². The number of benzene rings is 1. The summed E-state index contributed by atoms with van der Waals surface area (Å²) in [6.45, 7) is 5.88. The number of urea groups is 1. The lowest BCUT2D eigenvalue weighted by atomic mass is 9.96. The van der Waals surface area contributed by atoms with Gasteiger partial charge in [-0.3, -0.25) is 4.79 Å². The monoisotopic (exact) mass is 477 g/mol. The molecular formula is C24H30F3N5O2. The number of halogens is 3. The van der Waals surface area contributed by atoms with Crippen molar-refractivity contribution in [2.45, 2.75) is 52.3 Å². The maximum atomic E-state index is 13.8. The van der Waals surface area contributed by atoms with Gasteiger partial charge in [-0.25, -0.2) is 9.48 Å². The number of aromatic nitrogens is 2. The van der Waals surface area contributed by atoms with Gasteiger partial charge in [-0.1, -0.05) is 6.07 Å². The van der Waals surface area contributed by atoms with Crippen molar-refractivity contribution in [2.75, 3.05) is 26.2 Å². The summed E-state index contributed by atoms with van der Waals surface area (Å²) >= 11 is 0. The van der Waals surface area contributed by atoms with Gasteiger partial charge < -0.3 is 15.1 Å². The van der Waals surface area contributed by atoms with E-state index in [0.29, 0.717) is 31.6 Å². The van der Waals surface area contributed by atoms with E-state index in [1.54, 1.807) is 30.9 Å². The fraction of sp³-hybridized carbons (Fsp3) is 0.542. The predicted octanol–water partition coefficient (Wildman–Crippen LogP) is 4.05. The van der Waals surface area contributed by atoms with Gasteiger partial charge in [-0.2, -0.15) is 18.3 Å². The van der Waals surface area contributed by atoms with Crippen LogP contribution in [-0.4, -0.2) is 57.7 Å². The molecule has 184 valence electrons. The number of piperidine rings is 1. The fourth-order valence-corrected chi connectivity index (χ4v) is 4.77. The van der Waals surface area contributed by atoms with Crippen molar-refractivity contribution < 1.29 is 22.8 Å². The Bertz CT molecular complexity index is 1050. The van der Waals surface area contributed by atoms with Crippen LogP contribution in [0.25, 0.3) is 5.69 Å². The van der Waals surface area contributed by atoms with Crippen molar-refractivity contribution >= 4 is 11.9 Å². The van der Waals surface area contributed by atoms with E-state index < -0.39 is 11.7 Å². The Balaban J connectivity index is 1.38. The topological polar surface area (TPSA) is 70.5 Å². The lowest BCUT2D eigenvalue weighted by molar-refractivity contribution is -0.138. The highest BCUT2D eigenvalue weighted by Gasteiger charge is 2.35. The zero-order chi connectivity index (χ0) is 24.5. The minimum Gasteiger partial charge on any atom is -0.352 e. The minimum absolute atomic E-state index is 0.00720. The number of carbonyl (C=O) groups excluding carboxylic acids is 2. The lowest BCUT2D eigenvalue weighted by Gasteiger charge is -2.34. The number of hydrogen-bond donors (Lipinski definition) is 1. The van der Waals surface area contributed by atoms with Crippen molar-refractivity contribution in [1.82, 2.24) is 24.9 Å². The molecule has 10 heteroatoms. The molecule has 2 aromatic rings. The molecule has 34 heavy (non-hydrogen) atoms. The predicted molar refractivity (Wildman–Crippen MR) is 120 cm³/mol. The first-order valence-electron chi connectivity index (χ1n) is 11.7. The van der Waals surface area contributed by atoms with Gasteiger partial charge in [-0.05, 0) is 63.3 Å². The van der Waals surface area contributed by atoms with Gasteiger partial charge in [-0.15, -0.1) is 0 Å². The second-order valence-electron chi connectivity index (χ2n) is 9.13. The number of carbonyl (C=O) groups is 2. The Morgan fingerprint density at radius 1 is 1.03 bits per heavy atom.